The standard InChI is InChI=1S/C11H13NO2/c1-14-11(13)10-9-5-3-2-4-8(9)6-7-12-10/h2-5,10,12H,6-7H2,1H3. The maximum Gasteiger partial charge on any atom is 0.327 e. The van der Waals surface area contributed by atoms with Gasteiger partial charge in [0.15, 0.2) is 0 Å². The highest BCUT2D eigenvalue weighted by atomic mass is 16.5. The Labute approximate surface area is 83.1 Å². The highest BCUT2D eigenvalue weighted by Gasteiger charge is 2.25. The number of ether oxygens (including phenoxy) is 1. The van der Waals surface area contributed by atoms with Crippen LogP contribution in [0.15, 0.2) is 24.3 Å². The molecule has 0 saturated heterocycles. The Morgan fingerprint density at radius 2 is 2.29 bits per heavy atom. The number of hydrogen-bond donors (Lipinski definition) is 1. The first-order chi connectivity index (χ1) is 6.83. The van der Waals surface area contributed by atoms with E-state index in [1.165, 1.54) is 12.7 Å². The molecule has 0 saturated carbocycles. The Morgan fingerprint density at radius 1 is 1.50 bits per heavy atom. The molecule has 1 N–H and O–H groups in total. The van der Waals surface area contributed by atoms with E-state index in [4.69, 9.17) is 4.74 Å². The molecule has 1 atom stereocenters. The van der Waals surface area contributed by atoms with Crippen LogP contribution in [0.2, 0.25) is 0 Å². The minimum atomic E-state index is -0.287. The van der Waals surface area contributed by atoms with Crippen LogP contribution >= 0.6 is 0 Å². The Hall–Kier alpha value is -1.35. The molecule has 3 heteroatoms. The van der Waals surface area contributed by atoms with Crippen molar-refractivity contribution in [3.8, 4) is 0 Å². The summed E-state index contributed by atoms with van der Waals surface area (Å²) >= 11 is 0. The van der Waals surface area contributed by atoms with Crippen LogP contribution in [-0.2, 0) is 16.0 Å². The van der Waals surface area contributed by atoms with E-state index in [0.717, 1.165) is 18.5 Å². The van der Waals surface area contributed by atoms with Gasteiger partial charge in [-0.3, -0.25) is 0 Å². The van der Waals surface area contributed by atoms with Crippen LogP contribution in [0.25, 0.3) is 0 Å². The molecule has 1 aromatic carbocycles. The molecule has 74 valence electrons. The van der Waals surface area contributed by atoms with Gasteiger partial charge in [0.2, 0.25) is 0 Å². The van der Waals surface area contributed by atoms with Gasteiger partial charge in [0.1, 0.15) is 6.04 Å². The number of fused-ring (bicyclic) bond motifs is 1. The third-order valence-electron chi connectivity index (χ3n) is 2.55. The van der Waals surface area contributed by atoms with Crippen molar-refractivity contribution in [3.05, 3.63) is 35.4 Å². The molecular weight excluding hydrogens is 178 g/mol. The van der Waals surface area contributed by atoms with E-state index in [1.54, 1.807) is 0 Å². The number of benzene rings is 1. The predicted molar refractivity (Wildman–Crippen MR) is 52.9 cm³/mol. The second-order valence-corrected chi connectivity index (χ2v) is 3.36. The summed E-state index contributed by atoms with van der Waals surface area (Å²) in [6, 6.07) is 7.69. The number of nitrogens with one attached hydrogen (secondary N) is 1. The first-order valence-electron chi connectivity index (χ1n) is 4.72. The SMILES string of the molecule is COC(=O)C1NCCc2ccccc21. The molecule has 0 amide bonds. The van der Waals surface area contributed by atoms with Gasteiger partial charge >= 0.3 is 5.97 Å². The van der Waals surface area contributed by atoms with Crippen LogP contribution in [0.4, 0.5) is 0 Å². The Kier molecular flexibility index (Phi) is 2.50. The fourth-order valence-electron chi connectivity index (χ4n) is 1.83. The molecular formula is C11H13NO2. The highest BCUT2D eigenvalue weighted by Crippen LogP contribution is 2.23. The third-order valence-corrected chi connectivity index (χ3v) is 2.55. The zero-order valence-electron chi connectivity index (χ0n) is 8.12. The molecule has 1 heterocycles. The Bertz CT molecular complexity index is 349. The van der Waals surface area contributed by atoms with Crippen LogP contribution in [0, 0.1) is 0 Å². The van der Waals surface area contributed by atoms with E-state index in [2.05, 4.69) is 11.4 Å². The largest absolute Gasteiger partial charge is 0.468 e. The van der Waals surface area contributed by atoms with Gasteiger partial charge in [-0.15, -0.1) is 0 Å². The van der Waals surface area contributed by atoms with Gasteiger partial charge in [0.05, 0.1) is 7.11 Å². The van der Waals surface area contributed by atoms with Crippen molar-refractivity contribution >= 4 is 5.97 Å². The summed E-state index contributed by atoms with van der Waals surface area (Å²) < 4.78 is 4.75. The second kappa shape index (κ2) is 3.80. The van der Waals surface area contributed by atoms with Gasteiger partial charge in [-0.2, -0.15) is 0 Å². The topological polar surface area (TPSA) is 38.3 Å². The fraction of sp³-hybridized carbons (Fsp3) is 0.364. The van der Waals surface area contributed by atoms with E-state index < -0.39 is 0 Å². The molecule has 1 unspecified atom stereocenters. The van der Waals surface area contributed by atoms with Crippen molar-refractivity contribution in [3.63, 3.8) is 0 Å². The molecule has 0 aromatic heterocycles. The molecule has 14 heavy (non-hydrogen) atoms. The average Bonchev–Trinajstić information content (AvgIpc) is 2.27. The van der Waals surface area contributed by atoms with Crippen molar-refractivity contribution in [2.75, 3.05) is 13.7 Å². The van der Waals surface area contributed by atoms with E-state index >= 15 is 0 Å². The summed E-state index contributed by atoms with van der Waals surface area (Å²) in [7, 11) is 1.42. The molecule has 1 aromatic rings. The Morgan fingerprint density at radius 3 is 3.07 bits per heavy atom. The van der Waals surface area contributed by atoms with Gasteiger partial charge in [0.25, 0.3) is 0 Å². The molecule has 0 spiro atoms. The van der Waals surface area contributed by atoms with Crippen molar-refractivity contribution < 1.29 is 9.53 Å². The van der Waals surface area contributed by atoms with Crippen LogP contribution in [-0.4, -0.2) is 19.6 Å². The van der Waals surface area contributed by atoms with Crippen molar-refractivity contribution in [2.45, 2.75) is 12.5 Å². The second-order valence-electron chi connectivity index (χ2n) is 3.36. The lowest BCUT2D eigenvalue weighted by Crippen LogP contribution is -2.35. The molecule has 0 radical (unpaired) electrons. The number of hydrogen-bond acceptors (Lipinski definition) is 3. The maximum atomic E-state index is 11.4. The summed E-state index contributed by atoms with van der Waals surface area (Å²) in [5.41, 5.74) is 2.28. The first kappa shape index (κ1) is 9.21. The zero-order valence-corrected chi connectivity index (χ0v) is 8.12. The van der Waals surface area contributed by atoms with Crippen LogP contribution < -0.4 is 5.32 Å². The third kappa shape index (κ3) is 1.51. The summed E-state index contributed by atoms with van der Waals surface area (Å²) in [5.74, 6) is -0.211. The lowest BCUT2D eigenvalue weighted by atomic mass is 9.94. The maximum absolute atomic E-state index is 11.4. The number of methoxy groups -OCH3 is 1. The minimum Gasteiger partial charge on any atom is -0.468 e. The van der Waals surface area contributed by atoms with E-state index in [9.17, 15) is 4.79 Å². The lowest BCUT2D eigenvalue weighted by Gasteiger charge is -2.24. The fourth-order valence-corrected chi connectivity index (χ4v) is 1.83. The minimum absolute atomic E-state index is 0.211. The van der Waals surface area contributed by atoms with Gasteiger partial charge in [-0.1, -0.05) is 24.3 Å². The molecule has 0 fully saturated rings. The first-order valence-corrected chi connectivity index (χ1v) is 4.72. The summed E-state index contributed by atoms with van der Waals surface area (Å²) in [5, 5.41) is 3.15. The van der Waals surface area contributed by atoms with Crippen LogP contribution in [0.5, 0.6) is 0 Å². The van der Waals surface area contributed by atoms with Crippen LogP contribution in [0.3, 0.4) is 0 Å². The van der Waals surface area contributed by atoms with Crippen LogP contribution in [0.1, 0.15) is 17.2 Å². The van der Waals surface area contributed by atoms with E-state index in [1.807, 2.05) is 18.2 Å². The molecule has 1 aliphatic rings. The monoisotopic (exact) mass is 191 g/mol. The summed E-state index contributed by atoms with van der Waals surface area (Å²) in [6.45, 7) is 0.830. The van der Waals surface area contributed by atoms with Gasteiger partial charge < -0.3 is 10.1 Å². The lowest BCUT2D eigenvalue weighted by molar-refractivity contribution is -0.143. The number of carbonyl (C=O) groups is 1. The number of carbonyl (C=O) groups excluding carboxylic acids is 1. The zero-order chi connectivity index (χ0) is 9.97. The van der Waals surface area contributed by atoms with Gasteiger partial charge in [0, 0.05) is 6.54 Å². The van der Waals surface area contributed by atoms with Gasteiger partial charge in [-0.05, 0) is 17.5 Å². The van der Waals surface area contributed by atoms with E-state index in [-0.39, 0.29) is 12.0 Å². The molecule has 0 bridgehead atoms. The molecule has 2 rings (SSSR count). The highest BCUT2D eigenvalue weighted by molar-refractivity contribution is 5.78. The Balaban J connectivity index is 2.35. The number of esters is 1. The van der Waals surface area contributed by atoms with Crippen molar-refractivity contribution in [2.24, 2.45) is 0 Å². The normalized spacial score (nSPS) is 19.9. The summed E-state index contributed by atoms with van der Waals surface area (Å²) in [6.07, 6.45) is 0.976. The summed E-state index contributed by atoms with van der Waals surface area (Å²) in [4.78, 5) is 11.4. The average molecular weight is 191 g/mol. The molecule has 1 aliphatic heterocycles. The molecule has 0 aliphatic carbocycles. The molecule has 3 nitrogen and oxygen atoms in total. The van der Waals surface area contributed by atoms with Crippen molar-refractivity contribution in [1.29, 1.82) is 0 Å². The predicted octanol–water partition coefficient (Wildman–Crippen LogP) is 1.05. The van der Waals surface area contributed by atoms with E-state index in [0.29, 0.717) is 0 Å². The van der Waals surface area contributed by atoms with Gasteiger partial charge in [-0.25, -0.2) is 4.79 Å². The smallest absolute Gasteiger partial charge is 0.327 e. The quantitative estimate of drug-likeness (QED) is 0.674. The van der Waals surface area contributed by atoms with Crippen molar-refractivity contribution in [1.82, 2.24) is 5.32 Å². The number of rotatable bonds is 1.